The second-order valence-electron chi connectivity index (χ2n) is 5.59. The summed E-state index contributed by atoms with van der Waals surface area (Å²) in [5, 5.41) is 0. The summed E-state index contributed by atoms with van der Waals surface area (Å²) >= 11 is 0. The Kier molecular flexibility index (Phi) is 4.81. The van der Waals surface area contributed by atoms with Crippen LogP contribution in [-0.4, -0.2) is 37.6 Å². The maximum Gasteiger partial charge on any atom is 0.251 e. The molecule has 18 heavy (non-hydrogen) atoms. The Hall–Kier alpha value is -0.830. The Labute approximate surface area is 110 Å². The first-order chi connectivity index (χ1) is 8.76. The van der Waals surface area contributed by atoms with Crippen LogP contribution in [0.25, 0.3) is 0 Å². The summed E-state index contributed by atoms with van der Waals surface area (Å²) in [6.45, 7) is 4.24. The van der Waals surface area contributed by atoms with Gasteiger partial charge in [0.15, 0.2) is 0 Å². The topological polar surface area (TPSA) is 29.5 Å². The lowest BCUT2D eigenvalue weighted by Crippen LogP contribution is -2.45. The molecule has 0 bridgehead atoms. The molecule has 1 heterocycles. The van der Waals surface area contributed by atoms with Gasteiger partial charge in [0.1, 0.15) is 0 Å². The molecule has 2 aliphatic rings. The fourth-order valence-corrected chi connectivity index (χ4v) is 3.41. The van der Waals surface area contributed by atoms with Crippen LogP contribution in [0.5, 0.6) is 0 Å². The van der Waals surface area contributed by atoms with E-state index in [-0.39, 0.29) is 5.91 Å². The van der Waals surface area contributed by atoms with Gasteiger partial charge in [-0.25, -0.2) is 0 Å². The van der Waals surface area contributed by atoms with Crippen LogP contribution in [0.2, 0.25) is 0 Å². The Morgan fingerprint density at radius 2 is 2.00 bits per heavy atom. The van der Waals surface area contributed by atoms with Crippen LogP contribution in [0, 0.1) is 11.8 Å². The molecule has 0 aromatic carbocycles. The number of carbonyl (C=O) groups excluding carboxylic acids is 1. The van der Waals surface area contributed by atoms with E-state index in [9.17, 15) is 4.79 Å². The van der Waals surface area contributed by atoms with Crippen molar-refractivity contribution in [2.45, 2.75) is 39.0 Å². The Morgan fingerprint density at radius 3 is 2.67 bits per heavy atom. The maximum absolute atomic E-state index is 12.4. The predicted octanol–water partition coefficient (Wildman–Crippen LogP) is 2.62. The van der Waals surface area contributed by atoms with Crippen molar-refractivity contribution in [2.24, 2.45) is 11.8 Å². The number of ether oxygens (including phenoxy) is 1. The largest absolute Gasteiger partial charge is 0.380 e. The number of carbonyl (C=O) groups is 1. The molecule has 0 radical (unpaired) electrons. The van der Waals surface area contributed by atoms with E-state index in [4.69, 9.17) is 4.74 Å². The van der Waals surface area contributed by atoms with Crippen molar-refractivity contribution >= 4 is 5.91 Å². The van der Waals surface area contributed by atoms with E-state index in [0.29, 0.717) is 6.61 Å². The van der Waals surface area contributed by atoms with Crippen LogP contribution in [0.1, 0.15) is 39.0 Å². The first-order valence-corrected chi connectivity index (χ1v) is 7.19. The number of allylic oxidation sites excluding steroid dienone is 1. The van der Waals surface area contributed by atoms with E-state index in [1.54, 1.807) is 7.11 Å². The molecule has 2 fully saturated rings. The monoisotopic (exact) mass is 251 g/mol. The Bertz CT molecular complexity index is 324. The van der Waals surface area contributed by atoms with Gasteiger partial charge in [-0.15, -0.1) is 0 Å². The summed E-state index contributed by atoms with van der Waals surface area (Å²) in [5.41, 5.74) is 0.798. The van der Waals surface area contributed by atoms with Crippen molar-refractivity contribution in [2.75, 3.05) is 26.8 Å². The zero-order valence-corrected chi connectivity index (χ0v) is 11.7. The van der Waals surface area contributed by atoms with Gasteiger partial charge in [0, 0.05) is 25.8 Å². The van der Waals surface area contributed by atoms with Gasteiger partial charge in [-0.2, -0.15) is 0 Å². The van der Waals surface area contributed by atoms with Crippen molar-refractivity contribution in [3.8, 4) is 0 Å². The molecule has 102 valence electrons. The minimum absolute atomic E-state index is 0.184. The highest BCUT2D eigenvalue weighted by atomic mass is 16.5. The van der Waals surface area contributed by atoms with Crippen molar-refractivity contribution in [1.82, 2.24) is 4.90 Å². The quantitative estimate of drug-likeness (QED) is 0.722. The predicted molar refractivity (Wildman–Crippen MR) is 72.3 cm³/mol. The number of rotatable bonds is 3. The molecular weight excluding hydrogens is 226 g/mol. The van der Waals surface area contributed by atoms with Crippen molar-refractivity contribution in [3.63, 3.8) is 0 Å². The van der Waals surface area contributed by atoms with Crippen molar-refractivity contribution < 1.29 is 9.53 Å². The van der Waals surface area contributed by atoms with Gasteiger partial charge in [0.05, 0.1) is 6.61 Å². The maximum atomic E-state index is 12.4. The molecule has 3 nitrogen and oxygen atoms in total. The van der Waals surface area contributed by atoms with Crippen LogP contribution >= 0.6 is 0 Å². The number of hydrogen-bond acceptors (Lipinski definition) is 2. The molecular formula is C15H25NO2. The minimum atomic E-state index is 0.184. The van der Waals surface area contributed by atoms with Crippen LogP contribution < -0.4 is 0 Å². The summed E-state index contributed by atoms with van der Waals surface area (Å²) in [4.78, 5) is 14.4. The molecule has 0 aromatic rings. The lowest BCUT2D eigenvalue weighted by atomic mass is 9.75. The van der Waals surface area contributed by atoms with Gasteiger partial charge in [-0.1, -0.05) is 25.3 Å². The molecule has 1 saturated heterocycles. The highest BCUT2D eigenvalue weighted by molar-refractivity contribution is 5.93. The van der Waals surface area contributed by atoms with Crippen LogP contribution in [-0.2, 0) is 9.53 Å². The minimum Gasteiger partial charge on any atom is -0.380 e. The number of fused-ring (bicyclic) bond motifs is 1. The average Bonchev–Trinajstić information content (AvgIpc) is 2.43. The first kappa shape index (κ1) is 13.6. The lowest BCUT2D eigenvalue weighted by molar-refractivity contribution is -0.130. The Morgan fingerprint density at radius 1 is 1.28 bits per heavy atom. The van der Waals surface area contributed by atoms with E-state index >= 15 is 0 Å². The number of methoxy groups -OCH3 is 1. The zero-order valence-electron chi connectivity index (χ0n) is 11.7. The average molecular weight is 251 g/mol. The molecule has 2 atom stereocenters. The smallest absolute Gasteiger partial charge is 0.251 e. The van der Waals surface area contributed by atoms with Crippen LogP contribution in [0.4, 0.5) is 0 Å². The number of piperidine rings is 1. The molecule has 2 rings (SSSR count). The zero-order chi connectivity index (χ0) is 13.0. The molecule has 0 aromatic heterocycles. The van der Waals surface area contributed by atoms with Crippen molar-refractivity contribution in [3.05, 3.63) is 11.6 Å². The Balaban J connectivity index is 1.95. The molecule has 3 heteroatoms. The fourth-order valence-electron chi connectivity index (χ4n) is 3.41. The third kappa shape index (κ3) is 2.94. The van der Waals surface area contributed by atoms with Crippen LogP contribution in [0.15, 0.2) is 11.6 Å². The molecule has 1 aliphatic carbocycles. The number of hydrogen-bond donors (Lipinski definition) is 0. The summed E-state index contributed by atoms with van der Waals surface area (Å²) in [7, 11) is 1.64. The van der Waals surface area contributed by atoms with Crippen LogP contribution in [0.3, 0.4) is 0 Å². The lowest BCUT2D eigenvalue weighted by Gasteiger charge is -2.41. The van der Waals surface area contributed by atoms with Gasteiger partial charge in [0.2, 0.25) is 0 Å². The second kappa shape index (κ2) is 6.37. The summed E-state index contributed by atoms with van der Waals surface area (Å²) < 4.78 is 5.10. The summed E-state index contributed by atoms with van der Waals surface area (Å²) in [5.74, 6) is 1.81. The molecule has 0 N–H and O–H groups in total. The van der Waals surface area contributed by atoms with Gasteiger partial charge in [-0.3, -0.25) is 4.79 Å². The van der Waals surface area contributed by atoms with E-state index in [2.05, 4.69) is 0 Å². The molecule has 0 spiro atoms. The normalized spacial score (nSPS) is 29.0. The highest BCUT2D eigenvalue weighted by Gasteiger charge is 2.33. The molecule has 0 unspecified atom stereocenters. The molecule has 1 saturated carbocycles. The van der Waals surface area contributed by atoms with Gasteiger partial charge in [-0.05, 0) is 31.6 Å². The first-order valence-electron chi connectivity index (χ1n) is 7.19. The fraction of sp³-hybridized carbons (Fsp3) is 0.800. The number of nitrogens with zero attached hydrogens (tertiary/aromatic N) is 1. The third-order valence-corrected chi connectivity index (χ3v) is 4.50. The van der Waals surface area contributed by atoms with Gasteiger partial charge < -0.3 is 9.64 Å². The van der Waals surface area contributed by atoms with Gasteiger partial charge in [0.25, 0.3) is 5.91 Å². The summed E-state index contributed by atoms with van der Waals surface area (Å²) in [6.07, 6.45) is 8.50. The number of amides is 1. The molecule has 1 aliphatic heterocycles. The standard InChI is InChI=1S/C15H25NO2/c1-3-12(11-18-2)15(17)16-9-8-13-6-4-5-7-14(13)10-16/h3,13-14H,4-11H2,1-2H3/b12-3+/t13-,14+/m1/s1. The number of likely N-dealkylation sites (tertiary alicyclic amines) is 1. The van der Waals surface area contributed by atoms with E-state index < -0.39 is 0 Å². The van der Waals surface area contributed by atoms with E-state index in [1.165, 1.54) is 32.1 Å². The van der Waals surface area contributed by atoms with Gasteiger partial charge >= 0.3 is 0 Å². The summed E-state index contributed by atoms with van der Waals surface area (Å²) in [6, 6.07) is 0. The highest BCUT2D eigenvalue weighted by Crippen LogP contribution is 2.36. The van der Waals surface area contributed by atoms with E-state index in [0.717, 1.165) is 30.5 Å². The second-order valence-corrected chi connectivity index (χ2v) is 5.59. The third-order valence-electron chi connectivity index (χ3n) is 4.50. The van der Waals surface area contributed by atoms with E-state index in [1.807, 2.05) is 17.9 Å². The SMILES string of the molecule is C/C=C(\COC)C(=O)N1CC[C@H]2CCCC[C@H]2C1. The van der Waals surface area contributed by atoms with Crippen molar-refractivity contribution in [1.29, 1.82) is 0 Å². The molecule has 1 amide bonds.